The number of ether oxygens (including phenoxy) is 5. The monoisotopic (exact) mass is 458 g/mol. The van der Waals surface area contributed by atoms with E-state index in [0.717, 1.165) is 20.8 Å². The van der Waals surface area contributed by atoms with E-state index in [1.54, 1.807) is 0 Å². The van der Waals surface area contributed by atoms with Crippen molar-refractivity contribution in [2.45, 2.75) is 58.4 Å². The number of carbonyl (C=O) groups is 4. The van der Waals surface area contributed by atoms with Crippen molar-refractivity contribution in [3.8, 4) is 0 Å². The quantitative estimate of drug-likeness (QED) is 0.252. The van der Waals surface area contributed by atoms with Crippen LogP contribution in [0.4, 0.5) is 0 Å². The Labute approximate surface area is 152 Å². The van der Waals surface area contributed by atoms with Crippen LogP contribution in [0.2, 0.25) is 0 Å². The fourth-order valence-corrected chi connectivity index (χ4v) is 2.95. The van der Waals surface area contributed by atoms with E-state index in [-0.39, 0.29) is 0 Å². The van der Waals surface area contributed by atoms with Crippen molar-refractivity contribution in [1.29, 1.82) is 0 Å². The van der Waals surface area contributed by atoms with Crippen molar-refractivity contribution in [3.63, 3.8) is 0 Å². The maximum absolute atomic E-state index is 11.4. The van der Waals surface area contributed by atoms with Gasteiger partial charge in [-0.3, -0.25) is 19.2 Å². The van der Waals surface area contributed by atoms with Crippen LogP contribution in [0, 0.1) is 0 Å². The molecule has 0 spiro atoms. The summed E-state index contributed by atoms with van der Waals surface area (Å²) in [5, 5.41) is 0. The number of carbonyl (C=O) groups excluding carboxylic acids is 4. The molecule has 0 bridgehead atoms. The Morgan fingerprint density at radius 2 is 1.17 bits per heavy atom. The zero-order chi connectivity index (χ0) is 18.4. The molecule has 24 heavy (non-hydrogen) atoms. The summed E-state index contributed by atoms with van der Waals surface area (Å²) in [5.74, 6) is -2.67. The highest BCUT2D eigenvalue weighted by Crippen LogP contribution is 2.30. The smallest absolute Gasteiger partial charge is 0.305 e. The molecule has 1 aliphatic rings. The average molecular weight is 458 g/mol. The summed E-state index contributed by atoms with van der Waals surface area (Å²) in [7, 11) is 0. The lowest BCUT2D eigenvalue weighted by atomic mass is 9.99. The number of halogens is 1. The van der Waals surface area contributed by atoms with E-state index < -0.39 is 54.6 Å². The van der Waals surface area contributed by atoms with Gasteiger partial charge in [0.15, 0.2) is 12.2 Å². The first-order valence-electron chi connectivity index (χ1n) is 7.06. The molecule has 10 heteroatoms. The Bertz CT molecular complexity index is 506. The van der Waals surface area contributed by atoms with Crippen LogP contribution in [-0.2, 0) is 42.9 Å². The highest BCUT2D eigenvalue weighted by molar-refractivity contribution is 14.1. The normalized spacial score (nSPS) is 29.3. The minimum Gasteiger partial charge on any atom is -0.456 e. The van der Waals surface area contributed by atoms with E-state index in [1.165, 1.54) is 6.92 Å². The van der Waals surface area contributed by atoms with Gasteiger partial charge < -0.3 is 23.7 Å². The lowest BCUT2D eigenvalue weighted by molar-refractivity contribution is -0.291. The van der Waals surface area contributed by atoms with Gasteiger partial charge in [-0.05, 0) is 0 Å². The Kier molecular flexibility index (Phi) is 7.87. The minimum atomic E-state index is -1.29. The SMILES string of the molecule is CC(=O)OC1OC(CI)[C@@H](OC(C)=O)[C@@H](OC(C)=O)[C@@H]1OC(C)=O. The second kappa shape index (κ2) is 9.16. The summed E-state index contributed by atoms with van der Waals surface area (Å²) in [5.41, 5.74) is 0. The van der Waals surface area contributed by atoms with Gasteiger partial charge in [0.05, 0.1) is 0 Å². The number of rotatable bonds is 5. The Morgan fingerprint density at radius 1 is 0.750 bits per heavy atom. The number of hydrogen-bond acceptors (Lipinski definition) is 9. The van der Waals surface area contributed by atoms with Gasteiger partial charge in [0.1, 0.15) is 6.10 Å². The molecule has 1 rings (SSSR count). The van der Waals surface area contributed by atoms with E-state index in [1.807, 2.05) is 22.6 Å². The molecule has 1 fully saturated rings. The maximum Gasteiger partial charge on any atom is 0.305 e. The van der Waals surface area contributed by atoms with Crippen molar-refractivity contribution in [1.82, 2.24) is 0 Å². The molecule has 9 nitrogen and oxygen atoms in total. The predicted molar refractivity (Wildman–Crippen MR) is 86.0 cm³/mol. The van der Waals surface area contributed by atoms with Crippen LogP contribution in [0.3, 0.4) is 0 Å². The van der Waals surface area contributed by atoms with Gasteiger partial charge in [0, 0.05) is 32.1 Å². The summed E-state index contributed by atoms with van der Waals surface area (Å²) in [6.07, 6.45) is -5.47. The largest absolute Gasteiger partial charge is 0.456 e. The zero-order valence-electron chi connectivity index (χ0n) is 13.6. The third-order valence-electron chi connectivity index (χ3n) is 2.93. The van der Waals surface area contributed by atoms with Crippen molar-refractivity contribution in [2.24, 2.45) is 0 Å². The molecule has 136 valence electrons. The number of alkyl halides is 1. The molecule has 2 unspecified atom stereocenters. The van der Waals surface area contributed by atoms with E-state index >= 15 is 0 Å². The standard InChI is InChI=1S/C14H19IO9/c1-6(16)20-11-10(5-15)24-14(23-9(4)19)13(22-8(3)18)12(11)21-7(2)17/h10-14H,5H2,1-4H3/t10?,11-,12-,13+,14?/m1/s1. The van der Waals surface area contributed by atoms with Crippen molar-refractivity contribution in [3.05, 3.63) is 0 Å². The van der Waals surface area contributed by atoms with Crippen LogP contribution in [-0.4, -0.2) is 59.0 Å². The summed E-state index contributed by atoms with van der Waals surface area (Å²) in [6.45, 7) is 4.65. The van der Waals surface area contributed by atoms with Crippen LogP contribution in [0.5, 0.6) is 0 Å². The first-order valence-corrected chi connectivity index (χ1v) is 8.58. The van der Waals surface area contributed by atoms with Crippen molar-refractivity contribution in [2.75, 3.05) is 4.43 Å². The van der Waals surface area contributed by atoms with Crippen molar-refractivity contribution >= 4 is 46.5 Å². The third kappa shape index (κ3) is 5.89. The van der Waals surface area contributed by atoms with Crippen LogP contribution in [0.25, 0.3) is 0 Å². The van der Waals surface area contributed by atoms with Gasteiger partial charge in [-0.1, -0.05) is 22.6 Å². The zero-order valence-corrected chi connectivity index (χ0v) is 15.8. The van der Waals surface area contributed by atoms with E-state index in [0.29, 0.717) is 4.43 Å². The maximum atomic E-state index is 11.4. The second-order valence-electron chi connectivity index (χ2n) is 5.03. The molecule has 0 radical (unpaired) electrons. The molecular formula is C14H19IO9. The number of esters is 4. The van der Waals surface area contributed by atoms with E-state index in [4.69, 9.17) is 23.7 Å². The van der Waals surface area contributed by atoms with Gasteiger partial charge in [0.25, 0.3) is 0 Å². The molecule has 5 atom stereocenters. The highest BCUT2D eigenvalue weighted by atomic mass is 127. The molecule has 1 saturated heterocycles. The molecule has 1 aliphatic heterocycles. The lowest BCUT2D eigenvalue weighted by Crippen LogP contribution is -2.62. The Balaban J connectivity index is 3.23. The van der Waals surface area contributed by atoms with Gasteiger partial charge in [0.2, 0.25) is 12.4 Å². The molecule has 0 amide bonds. The third-order valence-corrected chi connectivity index (χ3v) is 3.80. The topological polar surface area (TPSA) is 114 Å². The minimum absolute atomic E-state index is 0.345. The molecule has 0 aromatic rings. The molecule has 1 heterocycles. The van der Waals surface area contributed by atoms with Gasteiger partial charge in [-0.2, -0.15) is 0 Å². The van der Waals surface area contributed by atoms with Crippen LogP contribution >= 0.6 is 22.6 Å². The molecule has 0 aliphatic carbocycles. The molecule has 0 saturated carbocycles. The number of hydrogen-bond donors (Lipinski definition) is 0. The van der Waals surface area contributed by atoms with Gasteiger partial charge >= 0.3 is 23.9 Å². The van der Waals surface area contributed by atoms with Crippen LogP contribution in [0.15, 0.2) is 0 Å². The Hall–Kier alpha value is -1.43. The first kappa shape index (κ1) is 20.6. The van der Waals surface area contributed by atoms with E-state index in [9.17, 15) is 19.2 Å². The summed E-state index contributed by atoms with van der Waals surface area (Å²) in [6, 6.07) is 0. The fourth-order valence-electron chi connectivity index (χ4n) is 2.24. The van der Waals surface area contributed by atoms with Crippen LogP contribution < -0.4 is 0 Å². The summed E-state index contributed by atoms with van der Waals surface area (Å²) in [4.78, 5) is 45.5. The fraction of sp³-hybridized carbons (Fsp3) is 0.714. The first-order chi connectivity index (χ1) is 11.1. The lowest BCUT2D eigenvalue weighted by Gasteiger charge is -2.43. The molecule has 0 N–H and O–H groups in total. The predicted octanol–water partition coefficient (Wildman–Crippen LogP) is 0.504. The molecule has 0 aromatic carbocycles. The van der Waals surface area contributed by atoms with Gasteiger partial charge in [-0.25, -0.2) is 0 Å². The summed E-state index contributed by atoms with van der Waals surface area (Å²) < 4.78 is 26.5. The van der Waals surface area contributed by atoms with E-state index in [2.05, 4.69) is 0 Å². The second-order valence-corrected chi connectivity index (χ2v) is 5.91. The van der Waals surface area contributed by atoms with Crippen molar-refractivity contribution < 1.29 is 42.9 Å². The Morgan fingerprint density at radius 3 is 1.58 bits per heavy atom. The highest BCUT2D eigenvalue weighted by Gasteiger charge is 2.52. The average Bonchev–Trinajstić information content (AvgIpc) is 2.42. The van der Waals surface area contributed by atoms with Gasteiger partial charge in [-0.15, -0.1) is 0 Å². The molecule has 0 aromatic heterocycles. The van der Waals surface area contributed by atoms with Crippen LogP contribution in [0.1, 0.15) is 27.7 Å². The molecular weight excluding hydrogens is 439 g/mol. The summed E-state index contributed by atoms with van der Waals surface area (Å²) >= 11 is 1.98.